The van der Waals surface area contributed by atoms with Gasteiger partial charge in [-0.1, -0.05) is 42.5 Å². The van der Waals surface area contributed by atoms with Crippen molar-refractivity contribution in [2.24, 2.45) is 0 Å². The molecule has 1 saturated heterocycles. The zero-order valence-electron chi connectivity index (χ0n) is 13.9. The fourth-order valence-electron chi connectivity index (χ4n) is 4.33. The number of rotatable bonds is 3. The molecule has 4 rings (SSSR count). The molecule has 1 heterocycles. The summed E-state index contributed by atoms with van der Waals surface area (Å²) in [6, 6.07) is 17.5. The van der Waals surface area contributed by atoms with Crippen LogP contribution in [-0.2, 0) is 18.3 Å². The molecule has 2 aromatic carbocycles. The third-order valence-electron chi connectivity index (χ3n) is 5.47. The minimum absolute atomic E-state index is 0.0955. The lowest BCUT2D eigenvalue weighted by atomic mass is 9.68. The van der Waals surface area contributed by atoms with E-state index < -0.39 is 0 Å². The molecule has 2 nitrogen and oxygen atoms in total. The molecule has 1 unspecified atom stereocenters. The van der Waals surface area contributed by atoms with Gasteiger partial charge in [-0.15, -0.1) is 0 Å². The second kappa shape index (κ2) is 5.45. The summed E-state index contributed by atoms with van der Waals surface area (Å²) < 4.78 is 5.52. The van der Waals surface area contributed by atoms with Gasteiger partial charge in [-0.05, 0) is 48.1 Å². The van der Waals surface area contributed by atoms with Crippen LogP contribution in [0, 0.1) is 0 Å². The van der Waals surface area contributed by atoms with E-state index in [-0.39, 0.29) is 5.41 Å². The maximum atomic E-state index is 5.52. The van der Waals surface area contributed by atoms with Crippen LogP contribution in [0.25, 0.3) is 0 Å². The van der Waals surface area contributed by atoms with Crippen molar-refractivity contribution in [3.63, 3.8) is 0 Å². The molecule has 0 N–H and O–H groups in total. The number of fused-ring (bicyclic) bond motifs is 3. The van der Waals surface area contributed by atoms with Crippen molar-refractivity contribution in [2.45, 2.75) is 24.7 Å². The molecule has 2 aliphatic rings. The normalized spacial score (nSPS) is 22.3. The highest BCUT2D eigenvalue weighted by molar-refractivity contribution is 5.52. The summed E-state index contributed by atoms with van der Waals surface area (Å²) in [5, 5.41) is 0. The third kappa shape index (κ3) is 2.24. The fourth-order valence-corrected chi connectivity index (χ4v) is 4.33. The number of methoxy groups -OCH3 is 1. The number of hydrogen-bond acceptors (Lipinski definition) is 2. The van der Waals surface area contributed by atoms with E-state index in [1.54, 1.807) is 7.11 Å². The van der Waals surface area contributed by atoms with E-state index in [0.717, 1.165) is 25.1 Å². The van der Waals surface area contributed by atoms with Crippen LogP contribution >= 0.6 is 0 Å². The molecule has 1 aliphatic carbocycles. The van der Waals surface area contributed by atoms with Crippen molar-refractivity contribution in [3.05, 3.63) is 77.0 Å². The van der Waals surface area contributed by atoms with Gasteiger partial charge in [-0.3, -0.25) is 0 Å². The van der Waals surface area contributed by atoms with Gasteiger partial charge in [0, 0.05) is 24.7 Å². The van der Waals surface area contributed by atoms with Crippen LogP contribution in [0.15, 0.2) is 60.3 Å². The van der Waals surface area contributed by atoms with E-state index in [1.165, 1.54) is 28.8 Å². The van der Waals surface area contributed by atoms with Gasteiger partial charge in [-0.25, -0.2) is 0 Å². The minimum atomic E-state index is 0.0955. The number of likely N-dealkylation sites (N-methyl/N-ethyl adjacent to an activating group) is 1. The molecule has 2 heteroatoms. The predicted molar refractivity (Wildman–Crippen MR) is 93.9 cm³/mol. The Morgan fingerprint density at radius 2 is 1.96 bits per heavy atom. The standard InChI is InChI=1S/C21H23NO/c1-22-13-12-21(15-16-6-4-3-5-7-16)19-14-18(23-2)10-8-17(19)9-11-20(21)22/h3-8,10-11,14H,9,12-13,15H2,1-2H3. The van der Waals surface area contributed by atoms with E-state index in [9.17, 15) is 0 Å². The zero-order chi connectivity index (χ0) is 15.9. The lowest BCUT2D eigenvalue weighted by Crippen LogP contribution is -2.34. The summed E-state index contributed by atoms with van der Waals surface area (Å²) in [4.78, 5) is 2.44. The Labute approximate surface area is 138 Å². The molecule has 1 fully saturated rings. The summed E-state index contributed by atoms with van der Waals surface area (Å²) in [7, 11) is 3.98. The van der Waals surface area contributed by atoms with Crippen LogP contribution < -0.4 is 4.74 Å². The van der Waals surface area contributed by atoms with Crippen molar-refractivity contribution >= 4 is 0 Å². The quantitative estimate of drug-likeness (QED) is 0.851. The molecule has 0 radical (unpaired) electrons. The lowest BCUT2D eigenvalue weighted by molar-refractivity contribution is 0.409. The van der Waals surface area contributed by atoms with Crippen molar-refractivity contribution in [3.8, 4) is 5.75 Å². The molecule has 118 valence electrons. The first-order chi connectivity index (χ1) is 11.2. The number of ether oxygens (including phenoxy) is 1. The second-order valence-corrected chi connectivity index (χ2v) is 6.73. The average Bonchev–Trinajstić information content (AvgIpc) is 2.92. The Kier molecular flexibility index (Phi) is 3.41. The summed E-state index contributed by atoms with van der Waals surface area (Å²) in [6.07, 6.45) is 5.69. The maximum Gasteiger partial charge on any atom is 0.119 e. The average molecular weight is 305 g/mol. The Bertz CT molecular complexity index is 750. The van der Waals surface area contributed by atoms with Crippen molar-refractivity contribution in [2.75, 3.05) is 20.7 Å². The molecular formula is C21H23NO. The summed E-state index contributed by atoms with van der Waals surface area (Å²) in [5.74, 6) is 0.965. The fraction of sp³-hybridized carbons (Fsp3) is 0.333. The van der Waals surface area contributed by atoms with Gasteiger partial charge in [-0.2, -0.15) is 0 Å². The van der Waals surface area contributed by atoms with Crippen molar-refractivity contribution < 1.29 is 4.74 Å². The SMILES string of the molecule is COc1ccc2c(c1)C1(Cc3ccccc3)CCN(C)C1=CC2. The number of likely N-dealkylation sites (tertiary alicyclic amines) is 1. The molecule has 2 aromatic rings. The first kappa shape index (κ1) is 14.4. The van der Waals surface area contributed by atoms with Crippen LogP contribution in [0.1, 0.15) is 23.1 Å². The van der Waals surface area contributed by atoms with Gasteiger partial charge in [0.25, 0.3) is 0 Å². The van der Waals surface area contributed by atoms with Crippen molar-refractivity contribution in [1.29, 1.82) is 0 Å². The Hall–Kier alpha value is -2.22. The highest BCUT2D eigenvalue weighted by Gasteiger charge is 2.45. The van der Waals surface area contributed by atoms with Gasteiger partial charge in [0.2, 0.25) is 0 Å². The van der Waals surface area contributed by atoms with Crippen LogP contribution in [0.2, 0.25) is 0 Å². The van der Waals surface area contributed by atoms with Gasteiger partial charge in [0.05, 0.1) is 7.11 Å². The predicted octanol–water partition coefficient (Wildman–Crippen LogP) is 3.95. The first-order valence-corrected chi connectivity index (χ1v) is 8.36. The molecule has 0 aromatic heterocycles. The van der Waals surface area contributed by atoms with E-state index >= 15 is 0 Å². The topological polar surface area (TPSA) is 12.5 Å². The number of hydrogen-bond donors (Lipinski definition) is 0. The van der Waals surface area contributed by atoms with E-state index in [2.05, 4.69) is 66.6 Å². The van der Waals surface area contributed by atoms with E-state index in [4.69, 9.17) is 4.74 Å². The maximum absolute atomic E-state index is 5.52. The number of benzene rings is 2. The summed E-state index contributed by atoms with van der Waals surface area (Å²) in [6.45, 7) is 1.12. The monoisotopic (exact) mass is 305 g/mol. The minimum Gasteiger partial charge on any atom is -0.497 e. The van der Waals surface area contributed by atoms with Gasteiger partial charge in [0.1, 0.15) is 5.75 Å². The van der Waals surface area contributed by atoms with Gasteiger partial charge >= 0.3 is 0 Å². The zero-order valence-corrected chi connectivity index (χ0v) is 13.9. The van der Waals surface area contributed by atoms with Crippen LogP contribution in [-0.4, -0.2) is 25.6 Å². The molecule has 0 saturated carbocycles. The number of allylic oxidation sites excluding steroid dienone is 2. The molecule has 1 atom stereocenters. The van der Waals surface area contributed by atoms with Gasteiger partial charge in [0.15, 0.2) is 0 Å². The third-order valence-corrected chi connectivity index (χ3v) is 5.47. The lowest BCUT2D eigenvalue weighted by Gasteiger charge is -2.37. The first-order valence-electron chi connectivity index (χ1n) is 8.36. The second-order valence-electron chi connectivity index (χ2n) is 6.73. The Morgan fingerprint density at radius 1 is 1.13 bits per heavy atom. The molecule has 0 bridgehead atoms. The molecule has 0 spiro atoms. The number of nitrogens with zero attached hydrogens (tertiary/aromatic N) is 1. The molecule has 23 heavy (non-hydrogen) atoms. The van der Waals surface area contributed by atoms with E-state index in [0.29, 0.717) is 0 Å². The van der Waals surface area contributed by atoms with Crippen LogP contribution in [0.5, 0.6) is 5.75 Å². The van der Waals surface area contributed by atoms with Crippen molar-refractivity contribution in [1.82, 2.24) is 4.90 Å². The summed E-state index contributed by atoms with van der Waals surface area (Å²) >= 11 is 0. The highest BCUT2D eigenvalue weighted by atomic mass is 16.5. The van der Waals surface area contributed by atoms with Gasteiger partial charge < -0.3 is 9.64 Å². The molecule has 0 amide bonds. The Morgan fingerprint density at radius 3 is 2.74 bits per heavy atom. The van der Waals surface area contributed by atoms with Crippen LogP contribution in [0.3, 0.4) is 0 Å². The Balaban J connectivity index is 1.86. The van der Waals surface area contributed by atoms with Crippen LogP contribution in [0.4, 0.5) is 0 Å². The molecule has 1 aliphatic heterocycles. The molecular weight excluding hydrogens is 282 g/mol. The van der Waals surface area contributed by atoms with E-state index in [1.807, 2.05) is 0 Å². The summed E-state index contributed by atoms with van der Waals surface area (Å²) in [5.41, 5.74) is 5.90. The largest absolute Gasteiger partial charge is 0.497 e. The smallest absolute Gasteiger partial charge is 0.119 e. The highest BCUT2D eigenvalue weighted by Crippen LogP contribution is 2.49.